The number of hydrogen-bond donors (Lipinski definition) is 1. The molecule has 9 heteroatoms. The van der Waals surface area contributed by atoms with Gasteiger partial charge in [-0.3, -0.25) is 5.43 Å². The maximum absolute atomic E-state index is 12.8. The predicted octanol–water partition coefficient (Wildman–Crippen LogP) is 6.65. The molecule has 0 radical (unpaired) electrons. The lowest BCUT2D eigenvalue weighted by Gasteiger charge is -2.10. The summed E-state index contributed by atoms with van der Waals surface area (Å²) in [7, 11) is 0. The van der Waals surface area contributed by atoms with E-state index in [-0.39, 0.29) is 10.8 Å². The summed E-state index contributed by atoms with van der Waals surface area (Å²) in [5, 5.41) is 2.97. The van der Waals surface area contributed by atoms with E-state index in [9.17, 15) is 13.2 Å². The zero-order valence-electron chi connectivity index (χ0n) is 14.0. The highest BCUT2D eigenvalue weighted by Crippen LogP contribution is 2.37. The van der Waals surface area contributed by atoms with Crippen molar-refractivity contribution in [2.75, 3.05) is 5.43 Å². The Balaban J connectivity index is 1.71. The summed E-state index contributed by atoms with van der Waals surface area (Å²) in [5.41, 5.74) is 2.06. The monoisotopic (exact) mass is 425 g/mol. The molecule has 0 atom stereocenters. The fourth-order valence-electron chi connectivity index (χ4n) is 2.19. The van der Waals surface area contributed by atoms with Crippen LogP contribution in [0.3, 0.4) is 0 Å². The molecule has 0 saturated heterocycles. The first-order valence-electron chi connectivity index (χ1n) is 7.88. The smallest absolute Gasteiger partial charge is 0.419 e. The Hall–Kier alpha value is -2.77. The molecule has 0 spiro atoms. The van der Waals surface area contributed by atoms with Crippen LogP contribution in [-0.2, 0) is 6.18 Å². The largest absolute Gasteiger partial charge is 0.457 e. The van der Waals surface area contributed by atoms with Crippen LogP contribution >= 0.6 is 23.2 Å². The Kier molecular flexibility index (Phi) is 6.06. The highest BCUT2D eigenvalue weighted by molar-refractivity contribution is 6.34. The Labute approximate surface area is 168 Å². The standard InChI is InChI=1S/C19H12Cl2F3N3O/c20-16-10-15(19(22,23)24)17(21)26-18(16)27-25-11-12-5-4-8-14(9-12)28-13-6-2-1-3-7-13/h1-11H,(H,26,27)/b25-11+. The third-order valence-electron chi connectivity index (χ3n) is 3.46. The molecule has 28 heavy (non-hydrogen) atoms. The molecule has 0 unspecified atom stereocenters. The lowest BCUT2D eigenvalue weighted by molar-refractivity contribution is -0.137. The minimum absolute atomic E-state index is 0.0902. The number of anilines is 1. The van der Waals surface area contributed by atoms with Gasteiger partial charge in [0, 0.05) is 0 Å². The molecule has 0 aliphatic carbocycles. The summed E-state index contributed by atoms with van der Waals surface area (Å²) in [6, 6.07) is 17.0. The van der Waals surface area contributed by atoms with Gasteiger partial charge in [0.15, 0.2) is 5.82 Å². The normalized spacial score (nSPS) is 11.6. The number of benzene rings is 2. The van der Waals surface area contributed by atoms with E-state index in [1.165, 1.54) is 6.21 Å². The maximum Gasteiger partial charge on any atom is 0.419 e. The Morgan fingerprint density at radius 3 is 2.39 bits per heavy atom. The molecule has 144 valence electrons. The summed E-state index contributed by atoms with van der Waals surface area (Å²) >= 11 is 11.4. The van der Waals surface area contributed by atoms with Gasteiger partial charge in [-0.25, -0.2) is 4.98 Å². The third kappa shape index (κ3) is 5.15. The van der Waals surface area contributed by atoms with Gasteiger partial charge < -0.3 is 4.74 Å². The second kappa shape index (κ2) is 8.50. The van der Waals surface area contributed by atoms with E-state index in [2.05, 4.69) is 15.5 Å². The summed E-state index contributed by atoms with van der Waals surface area (Å²) in [5.74, 6) is 1.20. The van der Waals surface area contributed by atoms with E-state index >= 15 is 0 Å². The molecule has 4 nitrogen and oxygen atoms in total. The third-order valence-corrected chi connectivity index (χ3v) is 4.03. The quantitative estimate of drug-likeness (QED) is 0.283. The summed E-state index contributed by atoms with van der Waals surface area (Å²) < 4.78 is 44.1. The van der Waals surface area contributed by atoms with Gasteiger partial charge in [0.1, 0.15) is 16.7 Å². The predicted molar refractivity (Wildman–Crippen MR) is 103 cm³/mol. The minimum Gasteiger partial charge on any atom is -0.457 e. The average molecular weight is 426 g/mol. The van der Waals surface area contributed by atoms with Gasteiger partial charge >= 0.3 is 6.18 Å². The zero-order chi connectivity index (χ0) is 20.1. The average Bonchev–Trinajstić information content (AvgIpc) is 2.64. The van der Waals surface area contributed by atoms with Gasteiger partial charge in [-0.2, -0.15) is 18.3 Å². The van der Waals surface area contributed by atoms with Crippen LogP contribution in [-0.4, -0.2) is 11.2 Å². The zero-order valence-corrected chi connectivity index (χ0v) is 15.6. The van der Waals surface area contributed by atoms with Crippen molar-refractivity contribution in [1.29, 1.82) is 0 Å². The second-order valence-electron chi connectivity index (χ2n) is 5.51. The summed E-state index contributed by atoms with van der Waals surface area (Å²) in [6.07, 6.45) is -3.20. The number of ether oxygens (including phenoxy) is 1. The molecule has 1 heterocycles. The molecular formula is C19H12Cl2F3N3O. The number of hydrazone groups is 1. The fraction of sp³-hybridized carbons (Fsp3) is 0.0526. The maximum atomic E-state index is 12.8. The van der Waals surface area contributed by atoms with Crippen molar-refractivity contribution in [2.24, 2.45) is 5.10 Å². The molecule has 0 aliphatic rings. The molecule has 0 bridgehead atoms. The van der Waals surface area contributed by atoms with Crippen molar-refractivity contribution in [3.05, 3.63) is 82.0 Å². The SMILES string of the molecule is FC(F)(F)c1cc(Cl)c(N/N=C/c2cccc(Oc3ccccc3)c2)nc1Cl. The number of rotatable bonds is 5. The van der Waals surface area contributed by atoms with Gasteiger partial charge in [-0.05, 0) is 35.9 Å². The topological polar surface area (TPSA) is 46.5 Å². The van der Waals surface area contributed by atoms with Crippen LogP contribution < -0.4 is 10.2 Å². The molecule has 0 amide bonds. The number of nitrogens with one attached hydrogen (secondary N) is 1. The van der Waals surface area contributed by atoms with Crippen molar-refractivity contribution in [2.45, 2.75) is 6.18 Å². The molecule has 0 fully saturated rings. The molecule has 1 aromatic heterocycles. The summed E-state index contributed by atoms with van der Waals surface area (Å²) in [6.45, 7) is 0. The van der Waals surface area contributed by atoms with Crippen LogP contribution in [0.4, 0.5) is 19.0 Å². The number of nitrogens with zero attached hydrogens (tertiary/aromatic N) is 2. The van der Waals surface area contributed by atoms with Gasteiger partial charge in [0.05, 0.1) is 16.8 Å². The molecule has 3 rings (SSSR count). The van der Waals surface area contributed by atoms with Crippen LogP contribution in [0.5, 0.6) is 11.5 Å². The Morgan fingerprint density at radius 2 is 1.68 bits per heavy atom. The van der Waals surface area contributed by atoms with Gasteiger partial charge in [-0.1, -0.05) is 53.5 Å². The Bertz CT molecular complexity index is 995. The van der Waals surface area contributed by atoms with Crippen LogP contribution in [0.25, 0.3) is 0 Å². The highest BCUT2D eigenvalue weighted by atomic mass is 35.5. The molecular weight excluding hydrogens is 414 g/mol. The number of para-hydroxylation sites is 1. The lowest BCUT2D eigenvalue weighted by atomic mass is 10.2. The van der Waals surface area contributed by atoms with Crippen molar-refractivity contribution in [3.8, 4) is 11.5 Å². The first-order valence-corrected chi connectivity index (χ1v) is 8.64. The van der Waals surface area contributed by atoms with Crippen LogP contribution in [0, 0.1) is 0 Å². The first kappa shape index (κ1) is 20.0. The minimum atomic E-state index is -4.64. The van der Waals surface area contributed by atoms with E-state index in [4.69, 9.17) is 27.9 Å². The molecule has 0 aliphatic heterocycles. The number of hydrogen-bond acceptors (Lipinski definition) is 4. The van der Waals surface area contributed by atoms with E-state index < -0.39 is 16.9 Å². The van der Waals surface area contributed by atoms with Gasteiger partial charge in [0.2, 0.25) is 0 Å². The van der Waals surface area contributed by atoms with Gasteiger partial charge in [-0.15, -0.1) is 0 Å². The lowest BCUT2D eigenvalue weighted by Crippen LogP contribution is -2.08. The van der Waals surface area contributed by atoms with Crippen molar-refractivity contribution < 1.29 is 17.9 Å². The number of alkyl halides is 3. The summed E-state index contributed by atoms with van der Waals surface area (Å²) in [4.78, 5) is 3.61. The van der Waals surface area contributed by atoms with Crippen LogP contribution in [0.2, 0.25) is 10.2 Å². The number of aromatic nitrogens is 1. The molecule has 3 aromatic rings. The van der Waals surface area contributed by atoms with Gasteiger partial charge in [0.25, 0.3) is 0 Å². The highest BCUT2D eigenvalue weighted by Gasteiger charge is 2.34. The molecule has 0 saturated carbocycles. The fourth-order valence-corrected chi connectivity index (χ4v) is 2.63. The molecule has 2 aromatic carbocycles. The first-order chi connectivity index (χ1) is 13.3. The number of pyridine rings is 1. The van der Waals surface area contributed by atoms with E-state index in [0.29, 0.717) is 23.1 Å². The second-order valence-corrected chi connectivity index (χ2v) is 6.28. The van der Waals surface area contributed by atoms with E-state index in [0.717, 1.165) is 0 Å². The van der Waals surface area contributed by atoms with Crippen molar-refractivity contribution in [3.63, 3.8) is 0 Å². The Morgan fingerprint density at radius 1 is 0.964 bits per heavy atom. The molecule has 1 N–H and O–H groups in total. The van der Waals surface area contributed by atoms with Crippen LogP contribution in [0.1, 0.15) is 11.1 Å². The van der Waals surface area contributed by atoms with E-state index in [1.807, 2.05) is 30.3 Å². The number of halogens is 5. The van der Waals surface area contributed by atoms with Crippen molar-refractivity contribution >= 4 is 35.2 Å². The van der Waals surface area contributed by atoms with E-state index in [1.54, 1.807) is 24.3 Å². The van der Waals surface area contributed by atoms with Crippen molar-refractivity contribution in [1.82, 2.24) is 4.98 Å². The van der Waals surface area contributed by atoms with Crippen LogP contribution in [0.15, 0.2) is 65.8 Å².